The average molecular weight is 290 g/mol. The number of nitrogens with zero attached hydrogens (tertiary/aromatic N) is 1. The van der Waals surface area contributed by atoms with Gasteiger partial charge in [0.25, 0.3) is 5.91 Å². The first kappa shape index (κ1) is 15.3. The molecule has 0 fully saturated rings. The van der Waals surface area contributed by atoms with Crippen LogP contribution in [-0.4, -0.2) is 28.2 Å². The van der Waals surface area contributed by atoms with E-state index in [-0.39, 0.29) is 24.4 Å². The topological polar surface area (TPSA) is 54.3 Å². The molecule has 1 atom stereocenters. The lowest BCUT2D eigenvalue weighted by molar-refractivity contribution is 0.0921. The van der Waals surface area contributed by atoms with Gasteiger partial charge in [0.2, 0.25) is 0 Å². The van der Waals surface area contributed by atoms with Crippen molar-refractivity contribution in [1.29, 1.82) is 0 Å². The van der Waals surface area contributed by atoms with Crippen LogP contribution in [0.15, 0.2) is 30.3 Å². The van der Waals surface area contributed by atoms with Crippen molar-refractivity contribution in [2.45, 2.75) is 26.8 Å². The minimum atomic E-state index is -0.338. The van der Waals surface area contributed by atoms with Crippen molar-refractivity contribution in [2.75, 3.05) is 6.61 Å². The molecule has 1 aromatic heterocycles. The van der Waals surface area contributed by atoms with Gasteiger partial charge in [0.15, 0.2) is 0 Å². The smallest absolute Gasteiger partial charge is 0.253 e. The van der Waals surface area contributed by atoms with Gasteiger partial charge in [0, 0.05) is 17.4 Å². The highest BCUT2D eigenvalue weighted by Gasteiger charge is 2.19. The Morgan fingerprint density at radius 2 is 2.05 bits per heavy atom. The molecule has 0 spiro atoms. The van der Waals surface area contributed by atoms with Gasteiger partial charge in [0.05, 0.1) is 17.9 Å². The summed E-state index contributed by atoms with van der Waals surface area (Å²) in [6.07, 6.45) is 0. The molecular weight excluding hydrogens is 271 g/mol. The Hall–Kier alpha value is -2.14. The number of aliphatic hydroxyl groups excluding tert-OH is 1. The summed E-state index contributed by atoms with van der Waals surface area (Å²) in [7, 11) is 0. The van der Waals surface area contributed by atoms with Gasteiger partial charge in [0.1, 0.15) is 5.82 Å². The maximum atomic E-state index is 14.0. The summed E-state index contributed by atoms with van der Waals surface area (Å²) < 4.78 is 15.7. The van der Waals surface area contributed by atoms with Crippen molar-refractivity contribution in [2.24, 2.45) is 0 Å². The van der Waals surface area contributed by atoms with E-state index >= 15 is 0 Å². The number of rotatable bonds is 4. The highest BCUT2D eigenvalue weighted by atomic mass is 19.1. The minimum Gasteiger partial charge on any atom is -0.394 e. The Bertz CT molecular complexity index is 664. The van der Waals surface area contributed by atoms with Gasteiger partial charge in [-0.05, 0) is 39.0 Å². The number of nitrogens with one attached hydrogen (secondary N) is 1. The molecule has 0 aliphatic rings. The summed E-state index contributed by atoms with van der Waals surface area (Å²) in [5.41, 5.74) is 2.34. The minimum absolute atomic E-state index is 0.127. The Balaban J connectivity index is 2.43. The number of carbonyl (C=O) groups is 1. The molecule has 0 radical (unpaired) electrons. The van der Waals surface area contributed by atoms with E-state index in [0.29, 0.717) is 16.9 Å². The molecule has 1 aromatic carbocycles. The van der Waals surface area contributed by atoms with Gasteiger partial charge in [-0.2, -0.15) is 0 Å². The molecule has 1 amide bonds. The summed E-state index contributed by atoms with van der Waals surface area (Å²) in [6.45, 7) is 5.19. The van der Waals surface area contributed by atoms with E-state index < -0.39 is 0 Å². The Kier molecular flexibility index (Phi) is 4.43. The molecule has 0 bridgehead atoms. The quantitative estimate of drug-likeness (QED) is 0.908. The molecule has 1 heterocycles. The molecule has 2 aromatic rings. The van der Waals surface area contributed by atoms with Crippen molar-refractivity contribution in [3.63, 3.8) is 0 Å². The van der Waals surface area contributed by atoms with Gasteiger partial charge >= 0.3 is 0 Å². The zero-order valence-electron chi connectivity index (χ0n) is 12.4. The molecule has 0 aliphatic carbocycles. The number of aryl methyl sites for hydroxylation is 1. The van der Waals surface area contributed by atoms with Crippen LogP contribution in [-0.2, 0) is 0 Å². The van der Waals surface area contributed by atoms with Crippen LogP contribution in [0.3, 0.4) is 0 Å². The van der Waals surface area contributed by atoms with Crippen LogP contribution in [0.4, 0.5) is 4.39 Å². The van der Waals surface area contributed by atoms with Gasteiger partial charge in [-0.15, -0.1) is 0 Å². The largest absolute Gasteiger partial charge is 0.394 e. The van der Waals surface area contributed by atoms with Crippen molar-refractivity contribution in [3.8, 4) is 5.69 Å². The number of halogens is 1. The maximum Gasteiger partial charge on any atom is 0.253 e. The van der Waals surface area contributed by atoms with Gasteiger partial charge in [-0.3, -0.25) is 4.79 Å². The van der Waals surface area contributed by atoms with Crippen molar-refractivity contribution >= 4 is 5.91 Å². The summed E-state index contributed by atoms with van der Waals surface area (Å²) in [5, 5.41) is 11.7. The maximum absolute atomic E-state index is 14.0. The van der Waals surface area contributed by atoms with Gasteiger partial charge in [-0.25, -0.2) is 4.39 Å². The van der Waals surface area contributed by atoms with Crippen LogP contribution >= 0.6 is 0 Å². The van der Waals surface area contributed by atoms with E-state index in [0.717, 1.165) is 5.69 Å². The van der Waals surface area contributed by atoms with Crippen LogP contribution in [0.1, 0.15) is 28.7 Å². The van der Waals surface area contributed by atoms with Gasteiger partial charge < -0.3 is 15.0 Å². The molecule has 2 N–H and O–H groups in total. The van der Waals surface area contributed by atoms with Gasteiger partial charge in [-0.1, -0.05) is 12.1 Å². The van der Waals surface area contributed by atoms with Crippen LogP contribution < -0.4 is 5.32 Å². The van der Waals surface area contributed by atoms with E-state index in [1.807, 2.05) is 6.92 Å². The number of aliphatic hydroxyl groups is 1. The lowest BCUT2D eigenvalue weighted by Gasteiger charge is -2.12. The van der Waals surface area contributed by atoms with Crippen LogP contribution in [0, 0.1) is 19.7 Å². The second kappa shape index (κ2) is 6.10. The predicted molar refractivity (Wildman–Crippen MR) is 79.2 cm³/mol. The van der Waals surface area contributed by atoms with Crippen LogP contribution in [0.2, 0.25) is 0 Å². The van der Waals surface area contributed by atoms with Crippen molar-refractivity contribution in [1.82, 2.24) is 9.88 Å². The lowest BCUT2D eigenvalue weighted by Crippen LogP contribution is -2.35. The third-order valence-corrected chi connectivity index (χ3v) is 3.42. The first-order chi connectivity index (χ1) is 9.95. The second-order valence-corrected chi connectivity index (χ2v) is 5.13. The van der Waals surface area contributed by atoms with E-state index in [9.17, 15) is 9.18 Å². The number of aromatic nitrogens is 1. The van der Waals surface area contributed by atoms with E-state index in [4.69, 9.17) is 5.11 Å². The molecule has 112 valence electrons. The van der Waals surface area contributed by atoms with Crippen molar-refractivity contribution < 1.29 is 14.3 Å². The fraction of sp³-hybridized carbons (Fsp3) is 0.312. The molecule has 4 nitrogen and oxygen atoms in total. The normalized spacial score (nSPS) is 12.2. The summed E-state index contributed by atoms with van der Waals surface area (Å²) in [6, 6.07) is 7.85. The SMILES string of the molecule is Cc1cc(C(=O)NC(C)CO)c(C)n1-c1ccccc1F. The first-order valence-corrected chi connectivity index (χ1v) is 6.81. The van der Waals surface area contributed by atoms with Crippen molar-refractivity contribution in [3.05, 3.63) is 53.1 Å². The number of carbonyl (C=O) groups excluding carboxylic acids is 1. The van der Waals surface area contributed by atoms with E-state index in [2.05, 4.69) is 5.32 Å². The Morgan fingerprint density at radius 1 is 1.38 bits per heavy atom. The number of hydrogen-bond donors (Lipinski definition) is 2. The predicted octanol–water partition coefficient (Wildman–Crippen LogP) is 2.34. The fourth-order valence-corrected chi connectivity index (χ4v) is 2.34. The zero-order valence-corrected chi connectivity index (χ0v) is 12.4. The molecular formula is C16H19FN2O2. The molecule has 0 saturated heterocycles. The molecule has 0 aliphatic heterocycles. The number of para-hydroxylation sites is 1. The standard InChI is InChI=1S/C16H19FN2O2/c1-10(9-20)18-16(21)13-8-11(2)19(12(13)3)15-7-5-4-6-14(15)17/h4-8,10,20H,9H2,1-3H3,(H,18,21). The molecule has 1 unspecified atom stereocenters. The number of hydrogen-bond acceptors (Lipinski definition) is 2. The van der Waals surface area contributed by atoms with Crippen LogP contribution in [0.25, 0.3) is 5.69 Å². The summed E-state index contributed by atoms with van der Waals surface area (Å²) in [5.74, 6) is -0.609. The number of benzene rings is 1. The second-order valence-electron chi connectivity index (χ2n) is 5.13. The van der Waals surface area contributed by atoms with E-state index in [1.54, 1.807) is 42.7 Å². The fourth-order valence-electron chi connectivity index (χ4n) is 2.34. The highest BCUT2D eigenvalue weighted by molar-refractivity contribution is 5.96. The monoisotopic (exact) mass is 290 g/mol. The van der Waals surface area contributed by atoms with Crippen LogP contribution in [0.5, 0.6) is 0 Å². The lowest BCUT2D eigenvalue weighted by atomic mass is 10.2. The summed E-state index contributed by atoms with van der Waals surface area (Å²) >= 11 is 0. The molecule has 0 saturated carbocycles. The zero-order chi connectivity index (χ0) is 15.6. The molecule has 2 rings (SSSR count). The summed E-state index contributed by atoms with van der Waals surface area (Å²) in [4.78, 5) is 12.2. The third-order valence-electron chi connectivity index (χ3n) is 3.42. The molecule has 21 heavy (non-hydrogen) atoms. The number of amides is 1. The Labute approximate surface area is 123 Å². The van der Waals surface area contributed by atoms with E-state index in [1.165, 1.54) is 6.07 Å². The Morgan fingerprint density at radius 3 is 2.67 bits per heavy atom. The first-order valence-electron chi connectivity index (χ1n) is 6.81. The third kappa shape index (κ3) is 2.97. The average Bonchev–Trinajstić information content (AvgIpc) is 2.75. The molecule has 5 heteroatoms. The highest BCUT2D eigenvalue weighted by Crippen LogP contribution is 2.22.